The van der Waals surface area contributed by atoms with Crippen LogP contribution in [0.25, 0.3) is 0 Å². The molecular weight excluding hydrogens is 242 g/mol. The Morgan fingerprint density at radius 3 is 2.44 bits per heavy atom. The first-order valence-electron chi connectivity index (χ1n) is 5.73. The number of hydrogen-bond donors (Lipinski definition) is 0. The summed E-state index contributed by atoms with van der Waals surface area (Å²) < 4.78 is 10.4. The van der Waals surface area contributed by atoms with Gasteiger partial charge < -0.3 is 9.47 Å². The van der Waals surface area contributed by atoms with Gasteiger partial charge in [-0.3, -0.25) is 0 Å². The van der Waals surface area contributed by atoms with Gasteiger partial charge in [0.15, 0.2) is 0 Å². The molecule has 0 aliphatic carbocycles. The second kappa shape index (κ2) is 6.27. The van der Waals surface area contributed by atoms with Crippen molar-refractivity contribution in [1.82, 2.24) is 0 Å². The zero-order valence-electron chi connectivity index (χ0n) is 11.6. The molecule has 0 saturated heterocycles. The minimum Gasteiger partial charge on any atom is -0.497 e. The van der Waals surface area contributed by atoms with Crippen molar-refractivity contribution in [3.8, 4) is 23.0 Å². The third kappa shape index (κ3) is 4.64. The molecule has 0 atom stereocenters. The van der Waals surface area contributed by atoms with Crippen molar-refractivity contribution in [2.45, 2.75) is 19.6 Å². The van der Waals surface area contributed by atoms with Crippen LogP contribution in [0.1, 0.15) is 0 Å². The lowest BCUT2D eigenvalue weighted by Crippen LogP contribution is -2.16. The first-order chi connectivity index (χ1) is 8.46. The Hall–Kier alpha value is -1.73. The minimum absolute atomic E-state index is 0.681. The van der Waals surface area contributed by atoms with Crippen LogP contribution in [0.15, 0.2) is 23.2 Å². The highest BCUT2D eigenvalue weighted by molar-refractivity contribution is 6.84. The number of methoxy groups -OCH3 is 2. The van der Waals surface area contributed by atoms with Gasteiger partial charge in [-0.15, -0.1) is 5.54 Å². The first-order valence-corrected chi connectivity index (χ1v) is 9.23. The average Bonchev–Trinajstić information content (AvgIpc) is 2.33. The number of rotatable bonds is 3. The Kier molecular flexibility index (Phi) is 4.99. The fourth-order valence-corrected chi connectivity index (χ4v) is 1.74. The van der Waals surface area contributed by atoms with E-state index in [2.05, 4.69) is 36.1 Å². The van der Waals surface area contributed by atoms with E-state index in [-0.39, 0.29) is 0 Å². The lowest BCUT2D eigenvalue weighted by molar-refractivity contribution is 0.395. The van der Waals surface area contributed by atoms with E-state index in [4.69, 9.17) is 9.47 Å². The highest BCUT2D eigenvalue weighted by atomic mass is 28.3. The van der Waals surface area contributed by atoms with E-state index in [1.54, 1.807) is 26.5 Å². The number of hydrogen-bond acceptors (Lipinski definition) is 3. The van der Waals surface area contributed by atoms with Gasteiger partial charge in [-0.2, -0.15) is 0 Å². The summed E-state index contributed by atoms with van der Waals surface area (Å²) in [5.74, 6) is 4.42. The predicted octanol–water partition coefficient (Wildman–Crippen LogP) is 3.29. The van der Waals surface area contributed by atoms with E-state index < -0.39 is 8.07 Å². The van der Waals surface area contributed by atoms with E-state index in [1.807, 2.05) is 12.1 Å². The summed E-state index contributed by atoms with van der Waals surface area (Å²) in [5.41, 5.74) is 3.98. The summed E-state index contributed by atoms with van der Waals surface area (Å²) >= 11 is 0. The van der Waals surface area contributed by atoms with Gasteiger partial charge in [-0.05, 0) is 12.1 Å². The normalized spacial score (nSPS) is 10.9. The maximum Gasteiger partial charge on any atom is 0.148 e. The molecule has 1 aromatic rings. The van der Waals surface area contributed by atoms with Gasteiger partial charge in [0, 0.05) is 6.07 Å². The summed E-state index contributed by atoms with van der Waals surface area (Å²) in [6.45, 7) is 6.59. The van der Waals surface area contributed by atoms with Crippen molar-refractivity contribution < 1.29 is 9.47 Å². The number of nitrogens with zero attached hydrogens (tertiary/aromatic N) is 1. The lowest BCUT2D eigenvalue weighted by Gasteiger charge is -2.06. The van der Waals surface area contributed by atoms with E-state index in [0.717, 1.165) is 11.4 Å². The molecule has 0 N–H and O–H groups in total. The highest BCUT2D eigenvalue weighted by Gasteiger charge is 2.07. The maximum absolute atomic E-state index is 5.25. The average molecular weight is 261 g/mol. The van der Waals surface area contributed by atoms with Crippen LogP contribution in [0.4, 0.5) is 5.69 Å². The molecule has 96 valence electrons. The van der Waals surface area contributed by atoms with Crippen LogP contribution < -0.4 is 9.47 Å². The molecule has 0 heterocycles. The third-order valence-electron chi connectivity index (χ3n) is 2.10. The van der Waals surface area contributed by atoms with Crippen molar-refractivity contribution in [3.05, 3.63) is 18.2 Å². The molecule has 0 fully saturated rings. The summed E-state index contributed by atoms with van der Waals surface area (Å²) in [7, 11) is 1.90. The molecule has 3 nitrogen and oxygen atoms in total. The van der Waals surface area contributed by atoms with Crippen LogP contribution in [-0.4, -0.2) is 28.5 Å². The van der Waals surface area contributed by atoms with E-state index in [0.29, 0.717) is 5.75 Å². The number of ether oxygens (including phenoxy) is 2. The van der Waals surface area contributed by atoms with Gasteiger partial charge in [-0.1, -0.05) is 25.6 Å². The monoisotopic (exact) mass is 261 g/mol. The van der Waals surface area contributed by atoms with Gasteiger partial charge in [0.05, 0.1) is 20.4 Å². The first kappa shape index (κ1) is 14.3. The van der Waals surface area contributed by atoms with Crippen LogP contribution in [0, 0.1) is 11.5 Å². The summed E-state index contributed by atoms with van der Waals surface area (Å²) in [6.07, 6.45) is 1.63. The van der Waals surface area contributed by atoms with Gasteiger partial charge in [0.1, 0.15) is 25.3 Å². The number of benzene rings is 1. The molecule has 0 aliphatic heterocycles. The molecule has 4 heteroatoms. The molecule has 0 amide bonds. The van der Waals surface area contributed by atoms with Gasteiger partial charge in [-0.25, -0.2) is 4.99 Å². The number of aliphatic imine (C=N–C) groups is 1. The van der Waals surface area contributed by atoms with Crippen LogP contribution in [-0.2, 0) is 0 Å². The molecule has 0 saturated carbocycles. The Bertz CT molecular complexity index is 493. The Labute approximate surface area is 110 Å². The highest BCUT2D eigenvalue weighted by Crippen LogP contribution is 2.30. The molecular formula is C14H19NO2Si. The molecule has 0 bridgehead atoms. The Morgan fingerprint density at radius 1 is 1.17 bits per heavy atom. The summed E-state index contributed by atoms with van der Waals surface area (Å²) in [6, 6.07) is 5.50. The molecule has 0 unspecified atom stereocenters. The SMILES string of the molecule is COc1ccc(N=CC#C[Si](C)(C)C)c(OC)c1. The van der Waals surface area contributed by atoms with Crippen molar-refractivity contribution in [1.29, 1.82) is 0 Å². The molecule has 0 radical (unpaired) electrons. The van der Waals surface area contributed by atoms with Crippen molar-refractivity contribution in [3.63, 3.8) is 0 Å². The van der Waals surface area contributed by atoms with Crippen LogP contribution in [0.5, 0.6) is 11.5 Å². The largest absolute Gasteiger partial charge is 0.497 e. The lowest BCUT2D eigenvalue weighted by atomic mass is 10.3. The van der Waals surface area contributed by atoms with E-state index in [1.165, 1.54) is 0 Å². The van der Waals surface area contributed by atoms with Gasteiger partial charge in [0.2, 0.25) is 0 Å². The molecule has 0 spiro atoms. The topological polar surface area (TPSA) is 30.8 Å². The fraction of sp³-hybridized carbons (Fsp3) is 0.357. The smallest absolute Gasteiger partial charge is 0.148 e. The molecule has 0 aromatic heterocycles. The standard InChI is InChI=1S/C14H19NO2Si/c1-16-12-7-8-13(14(11-12)17-2)15-9-6-10-18(3,4)5/h7-9,11H,1-5H3. The van der Waals surface area contributed by atoms with E-state index in [9.17, 15) is 0 Å². The second-order valence-corrected chi connectivity index (χ2v) is 9.57. The van der Waals surface area contributed by atoms with E-state index >= 15 is 0 Å². The van der Waals surface area contributed by atoms with Crippen LogP contribution in [0.2, 0.25) is 19.6 Å². The van der Waals surface area contributed by atoms with Crippen molar-refractivity contribution in [2.24, 2.45) is 4.99 Å². The van der Waals surface area contributed by atoms with Crippen LogP contribution in [0.3, 0.4) is 0 Å². The molecule has 1 aromatic carbocycles. The minimum atomic E-state index is -1.34. The summed E-state index contributed by atoms with van der Waals surface area (Å²) in [5, 5.41) is 0. The Balaban J connectivity index is 2.90. The quantitative estimate of drug-likeness (QED) is 0.475. The van der Waals surface area contributed by atoms with Crippen molar-refractivity contribution in [2.75, 3.05) is 14.2 Å². The third-order valence-corrected chi connectivity index (χ3v) is 3.00. The molecule has 18 heavy (non-hydrogen) atoms. The van der Waals surface area contributed by atoms with Crippen molar-refractivity contribution >= 4 is 20.0 Å². The zero-order chi connectivity index (χ0) is 13.6. The fourth-order valence-electron chi connectivity index (χ4n) is 1.24. The summed E-state index contributed by atoms with van der Waals surface area (Å²) in [4.78, 5) is 4.30. The van der Waals surface area contributed by atoms with Crippen LogP contribution >= 0.6 is 0 Å². The molecule has 0 aliphatic rings. The van der Waals surface area contributed by atoms with Gasteiger partial charge in [0.25, 0.3) is 0 Å². The molecule has 1 rings (SSSR count). The Morgan fingerprint density at radius 2 is 1.89 bits per heavy atom. The van der Waals surface area contributed by atoms with Gasteiger partial charge >= 0.3 is 0 Å². The predicted molar refractivity (Wildman–Crippen MR) is 78.8 cm³/mol. The second-order valence-electron chi connectivity index (χ2n) is 4.82. The zero-order valence-corrected chi connectivity index (χ0v) is 12.6. The maximum atomic E-state index is 5.25.